The molecule has 1 aromatic heterocycles. The Morgan fingerprint density at radius 3 is 2.74 bits per heavy atom. The van der Waals surface area contributed by atoms with Crippen LogP contribution in [-0.2, 0) is 29.2 Å². The van der Waals surface area contributed by atoms with Gasteiger partial charge in [-0.2, -0.15) is 0 Å². The molecule has 1 aliphatic heterocycles. The second kappa shape index (κ2) is 6.84. The largest absolute Gasteiger partial charge is 0.338 e. The summed E-state index contributed by atoms with van der Waals surface area (Å²) in [5, 5.41) is 0. The summed E-state index contributed by atoms with van der Waals surface area (Å²) in [7, 11) is -1.27. The number of piperidine rings is 1. The SMILES string of the molecule is Cn1ccnc1C[C@H]1CCCN(S(=O)(=O)Cc2ccccc2)C1. The van der Waals surface area contributed by atoms with Crippen molar-refractivity contribution in [3.05, 3.63) is 54.1 Å². The van der Waals surface area contributed by atoms with Crippen LogP contribution in [0.15, 0.2) is 42.7 Å². The van der Waals surface area contributed by atoms with Gasteiger partial charge in [-0.05, 0) is 24.3 Å². The highest BCUT2D eigenvalue weighted by molar-refractivity contribution is 7.88. The molecular weight excluding hydrogens is 310 g/mol. The number of benzene rings is 1. The van der Waals surface area contributed by atoms with Crippen molar-refractivity contribution in [3.63, 3.8) is 0 Å². The average Bonchev–Trinajstić information content (AvgIpc) is 2.93. The molecule has 0 aliphatic carbocycles. The third-order valence-corrected chi connectivity index (χ3v) is 6.28. The third kappa shape index (κ3) is 4.00. The minimum atomic E-state index is -3.25. The quantitative estimate of drug-likeness (QED) is 0.843. The molecule has 0 saturated carbocycles. The van der Waals surface area contributed by atoms with Crippen LogP contribution in [0.1, 0.15) is 24.2 Å². The zero-order chi connectivity index (χ0) is 16.3. The highest BCUT2D eigenvalue weighted by Gasteiger charge is 2.29. The van der Waals surface area contributed by atoms with Crippen LogP contribution >= 0.6 is 0 Å². The summed E-state index contributed by atoms with van der Waals surface area (Å²) in [4.78, 5) is 4.36. The zero-order valence-corrected chi connectivity index (χ0v) is 14.2. The number of nitrogens with zero attached hydrogens (tertiary/aromatic N) is 3. The molecule has 1 saturated heterocycles. The van der Waals surface area contributed by atoms with Gasteiger partial charge in [0.1, 0.15) is 5.82 Å². The average molecular weight is 333 g/mol. The Morgan fingerprint density at radius 1 is 1.26 bits per heavy atom. The summed E-state index contributed by atoms with van der Waals surface area (Å²) in [5.41, 5.74) is 0.846. The van der Waals surface area contributed by atoms with E-state index in [0.717, 1.165) is 30.7 Å². The number of aryl methyl sites for hydroxylation is 1. The molecule has 5 nitrogen and oxygen atoms in total. The van der Waals surface area contributed by atoms with Crippen molar-refractivity contribution in [1.29, 1.82) is 0 Å². The number of rotatable bonds is 5. The fourth-order valence-corrected chi connectivity index (χ4v) is 4.82. The van der Waals surface area contributed by atoms with E-state index in [1.165, 1.54) is 0 Å². The van der Waals surface area contributed by atoms with Crippen molar-refractivity contribution in [3.8, 4) is 0 Å². The van der Waals surface area contributed by atoms with E-state index in [1.807, 2.05) is 48.1 Å². The molecule has 0 amide bonds. The van der Waals surface area contributed by atoms with Crippen LogP contribution in [0, 0.1) is 5.92 Å². The number of sulfonamides is 1. The minimum Gasteiger partial charge on any atom is -0.338 e. The second-order valence-electron chi connectivity index (χ2n) is 6.27. The van der Waals surface area contributed by atoms with Crippen LogP contribution in [0.2, 0.25) is 0 Å². The molecule has 0 spiro atoms. The second-order valence-corrected chi connectivity index (χ2v) is 8.24. The summed E-state index contributed by atoms with van der Waals surface area (Å²) < 4.78 is 29.0. The summed E-state index contributed by atoms with van der Waals surface area (Å²) in [5.74, 6) is 1.45. The van der Waals surface area contributed by atoms with Crippen molar-refractivity contribution in [2.75, 3.05) is 13.1 Å². The van der Waals surface area contributed by atoms with Gasteiger partial charge in [0.2, 0.25) is 10.0 Å². The first kappa shape index (κ1) is 16.2. The number of hydrogen-bond donors (Lipinski definition) is 0. The molecule has 23 heavy (non-hydrogen) atoms. The lowest BCUT2D eigenvalue weighted by atomic mass is 9.96. The molecule has 1 fully saturated rings. The van der Waals surface area contributed by atoms with Gasteiger partial charge in [-0.15, -0.1) is 0 Å². The van der Waals surface area contributed by atoms with Crippen molar-refractivity contribution in [1.82, 2.24) is 13.9 Å². The fraction of sp³-hybridized carbons (Fsp3) is 0.471. The van der Waals surface area contributed by atoms with Crippen LogP contribution in [-0.4, -0.2) is 35.4 Å². The maximum absolute atomic E-state index is 12.7. The first-order valence-electron chi connectivity index (χ1n) is 8.02. The van der Waals surface area contributed by atoms with Crippen LogP contribution in [0.25, 0.3) is 0 Å². The molecule has 0 radical (unpaired) electrons. The Bertz CT molecular complexity index is 740. The predicted octanol–water partition coefficient (Wildman–Crippen LogP) is 2.20. The van der Waals surface area contributed by atoms with Crippen LogP contribution in [0.4, 0.5) is 0 Å². The molecule has 0 unspecified atom stereocenters. The van der Waals surface area contributed by atoms with Crippen LogP contribution < -0.4 is 0 Å². The van der Waals surface area contributed by atoms with Gasteiger partial charge in [0.15, 0.2) is 0 Å². The standard InChI is InChI=1S/C17H23N3O2S/c1-19-11-9-18-17(19)12-16-8-5-10-20(13-16)23(21,22)14-15-6-3-2-4-7-15/h2-4,6-7,9,11,16H,5,8,10,12-14H2,1H3/t16-/m1/s1. The Morgan fingerprint density at radius 2 is 2.04 bits per heavy atom. The Kier molecular flexibility index (Phi) is 4.82. The fourth-order valence-electron chi connectivity index (χ4n) is 3.17. The highest BCUT2D eigenvalue weighted by atomic mass is 32.2. The van der Waals surface area contributed by atoms with Crippen LogP contribution in [0.3, 0.4) is 0 Å². The van der Waals surface area contributed by atoms with Gasteiger partial charge in [0, 0.05) is 39.0 Å². The normalized spacial score (nSPS) is 19.8. The first-order chi connectivity index (χ1) is 11.0. The Labute approximate surface area is 138 Å². The van der Waals surface area contributed by atoms with Gasteiger partial charge in [-0.1, -0.05) is 30.3 Å². The predicted molar refractivity (Wildman–Crippen MR) is 90.3 cm³/mol. The summed E-state index contributed by atoms with van der Waals surface area (Å²) in [6.45, 7) is 1.23. The monoisotopic (exact) mass is 333 g/mol. The molecule has 0 N–H and O–H groups in total. The van der Waals surface area contributed by atoms with E-state index in [4.69, 9.17) is 0 Å². The Hall–Kier alpha value is -1.66. The maximum Gasteiger partial charge on any atom is 0.218 e. The smallest absolute Gasteiger partial charge is 0.218 e. The minimum absolute atomic E-state index is 0.0863. The van der Waals surface area contributed by atoms with Crippen molar-refractivity contribution in [2.45, 2.75) is 25.0 Å². The van der Waals surface area contributed by atoms with Crippen molar-refractivity contribution in [2.24, 2.45) is 13.0 Å². The zero-order valence-electron chi connectivity index (χ0n) is 13.4. The molecule has 2 heterocycles. The van der Waals surface area contributed by atoms with Gasteiger partial charge in [0.25, 0.3) is 0 Å². The molecular formula is C17H23N3O2S. The van der Waals surface area contributed by atoms with Gasteiger partial charge >= 0.3 is 0 Å². The van der Waals surface area contributed by atoms with Crippen molar-refractivity contribution < 1.29 is 8.42 Å². The molecule has 1 aliphatic rings. The molecule has 6 heteroatoms. The van der Waals surface area contributed by atoms with Gasteiger partial charge in [0.05, 0.1) is 5.75 Å². The molecule has 0 bridgehead atoms. The van der Waals surface area contributed by atoms with Crippen molar-refractivity contribution >= 4 is 10.0 Å². The number of aromatic nitrogens is 2. The van der Waals surface area contributed by atoms with E-state index in [1.54, 1.807) is 10.5 Å². The van der Waals surface area contributed by atoms with Gasteiger partial charge in [-0.25, -0.2) is 17.7 Å². The Balaban J connectivity index is 1.66. The molecule has 1 aromatic carbocycles. The first-order valence-corrected chi connectivity index (χ1v) is 9.63. The van der Waals surface area contributed by atoms with Crippen LogP contribution in [0.5, 0.6) is 0 Å². The highest BCUT2D eigenvalue weighted by Crippen LogP contribution is 2.23. The molecule has 1 atom stereocenters. The van der Waals surface area contributed by atoms with E-state index >= 15 is 0 Å². The number of hydrogen-bond acceptors (Lipinski definition) is 3. The topological polar surface area (TPSA) is 55.2 Å². The van der Waals surface area contributed by atoms with E-state index in [2.05, 4.69) is 4.98 Å². The summed E-state index contributed by atoms with van der Waals surface area (Å²) in [6, 6.07) is 9.40. The lowest BCUT2D eigenvalue weighted by molar-refractivity contribution is 0.261. The van der Waals surface area contributed by atoms with Gasteiger partial charge in [-0.3, -0.25) is 0 Å². The molecule has 124 valence electrons. The number of imidazole rings is 1. The van der Waals surface area contributed by atoms with E-state index in [-0.39, 0.29) is 5.75 Å². The molecule has 3 rings (SSSR count). The summed E-state index contributed by atoms with van der Waals surface area (Å²) in [6.07, 6.45) is 6.54. The van der Waals surface area contributed by atoms with E-state index < -0.39 is 10.0 Å². The van der Waals surface area contributed by atoms with E-state index in [0.29, 0.717) is 19.0 Å². The maximum atomic E-state index is 12.7. The van der Waals surface area contributed by atoms with E-state index in [9.17, 15) is 8.42 Å². The lowest BCUT2D eigenvalue weighted by Crippen LogP contribution is -2.41. The molecule has 2 aromatic rings. The summed E-state index contributed by atoms with van der Waals surface area (Å²) >= 11 is 0. The van der Waals surface area contributed by atoms with Gasteiger partial charge < -0.3 is 4.57 Å². The third-order valence-electron chi connectivity index (χ3n) is 4.46. The lowest BCUT2D eigenvalue weighted by Gasteiger charge is -2.31.